The van der Waals surface area contributed by atoms with Gasteiger partial charge >= 0.3 is 5.97 Å². The molecule has 0 amide bonds. The molecule has 5 aliphatic rings. The van der Waals surface area contributed by atoms with Gasteiger partial charge in [-0.05, 0) is 85.4 Å². The van der Waals surface area contributed by atoms with Crippen LogP contribution < -0.4 is 0 Å². The number of carboxylic acid groups (broad SMARTS) is 1. The minimum atomic E-state index is -0.917. The highest BCUT2D eigenvalue weighted by atomic mass is 16.4. The highest BCUT2D eigenvalue weighted by Crippen LogP contribution is 2.75. The van der Waals surface area contributed by atoms with Gasteiger partial charge in [0.2, 0.25) is 0 Å². The summed E-state index contributed by atoms with van der Waals surface area (Å²) in [6.07, 6.45) is 7.00. The maximum atomic E-state index is 12.8. The number of aliphatic hydroxyl groups is 3. The molecule has 4 saturated carbocycles. The Morgan fingerprint density at radius 2 is 1.77 bits per heavy atom. The fourth-order valence-electron chi connectivity index (χ4n) is 10.7. The lowest BCUT2D eigenvalue weighted by Crippen LogP contribution is -2.68. The maximum absolute atomic E-state index is 12.8. The van der Waals surface area contributed by atoms with Crippen LogP contribution in [0, 0.1) is 50.7 Å². The maximum Gasteiger partial charge on any atom is 0.310 e. The highest BCUT2D eigenvalue weighted by molar-refractivity contribution is 5.77. The lowest BCUT2D eigenvalue weighted by molar-refractivity contribution is -0.243. The predicted molar refractivity (Wildman–Crippen MR) is 135 cm³/mol. The van der Waals surface area contributed by atoms with Gasteiger partial charge in [0, 0.05) is 11.3 Å². The summed E-state index contributed by atoms with van der Waals surface area (Å²) in [5, 5.41) is 42.8. The topological polar surface area (TPSA) is 98.0 Å². The van der Waals surface area contributed by atoms with Gasteiger partial charge in [-0.25, -0.2) is 0 Å². The van der Waals surface area contributed by atoms with Crippen molar-refractivity contribution in [3.05, 3.63) is 23.8 Å². The van der Waals surface area contributed by atoms with Crippen LogP contribution in [0.1, 0.15) is 86.0 Å². The molecule has 5 aliphatic carbocycles. The van der Waals surface area contributed by atoms with Gasteiger partial charge in [0.1, 0.15) is 0 Å². The molecule has 0 aromatic rings. The van der Waals surface area contributed by atoms with E-state index < -0.39 is 29.0 Å². The Balaban J connectivity index is 1.63. The van der Waals surface area contributed by atoms with E-state index in [0.717, 1.165) is 32.1 Å². The molecule has 0 aromatic heterocycles. The van der Waals surface area contributed by atoms with E-state index in [9.17, 15) is 25.2 Å². The molecule has 0 radical (unpaired) electrons. The first-order valence-corrected chi connectivity index (χ1v) is 13.8. The van der Waals surface area contributed by atoms with E-state index in [1.54, 1.807) is 0 Å². The molecule has 0 saturated heterocycles. The van der Waals surface area contributed by atoms with E-state index in [-0.39, 0.29) is 40.6 Å². The smallest absolute Gasteiger partial charge is 0.310 e. The molecule has 0 aromatic carbocycles. The third-order valence-electron chi connectivity index (χ3n) is 13.1. The van der Waals surface area contributed by atoms with Crippen LogP contribution in [0.4, 0.5) is 0 Å². The number of allylic oxidation sites excluding steroid dienone is 3. The van der Waals surface area contributed by atoms with Crippen LogP contribution in [0.25, 0.3) is 0 Å². The number of fused-ring (bicyclic) bond motifs is 7. The Labute approximate surface area is 210 Å². The summed E-state index contributed by atoms with van der Waals surface area (Å²) >= 11 is 0. The molecule has 0 aliphatic heterocycles. The summed E-state index contributed by atoms with van der Waals surface area (Å²) in [6, 6.07) is 0. The summed E-state index contributed by atoms with van der Waals surface area (Å²) in [5.41, 5.74) is 0.748. The number of hydrogen-bond acceptors (Lipinski definition) is 4. The SMILES string of the molecule is C=C1CC[C@]2(C(=O)O)CC[C@]3(C)C(=CC[C@@H]4[C@]5(C)C[C@@H](O)[C@H](O)[C@](C)(CO)[C@@H]5CC[C@@]43C)[C@H]2[C@H]1C. The minimum absolute atomic E-state index is 0.00946. The van der Waals surface area contributed by atoms with Gasteiger partial charge in [-0.2, -0.15) is 0 Å². The van der Waals surface area contributed by atoms with E-state index in [2.05, 4.69) is 40.3 Å². The average molecular weight is 487 g/mol. The first kappa shape index (κ1) is 25.5. The molecule has 4 N–H and O–H groups in total. The van der Waals surface area contributed by atoms with Crippen LogP contribution in [-0.4, -0.2) is 45.2 Å². The third kappa shape index (κ3) is 2.89. The Bertz CT molecular complexity index is 972. The van der Waals surface area contributed by atoms with Crippen LogP contribution in [-0.2, 0) is 4.79 Å². The molecule has 0 spiro atoms. The zero-order valence-corrected chi connectivity index (χ0v) is 22.3. The van der Waals surface area contributed by atoms with Crippen molar-refractivity contribution in [2.45, 2.75) is 98.2 Å². The second-order valence-electron chi connectivity index (χ2n) is 14.1. The number of hydrogen-bond donors (Lipinski definition) is 4. The number of aliphatic carboxylic acids is 1. The zero-order valence-electron chi connectivity index (χ0n) is 22.3. The third-order valence-corrected chi connectivity index (χ3v) is 13.1. The quantitative estimate of drug-likeness (QED) is 0.414. The van der Waals surface area contributed by atoms with Crippen molar-refractivity contribution < 1.29 is 25.2 Å². The molecule has 0 unspecified atom stereocenters. The number of carboxylic acids is 1. The van der Waals surface area contributed by atoms with E-state index in [0.29, 0.717) is 25.2 Å². The highest BCUT2D eigenvalue weighted by Gasteiger charge is 2.70. The van der Waals surface area contributed by atoms with Crippen LogP contribution >= 0.6 is 0 Å². The lowest BCUT2D eigenvalue weighted by atomic mass is 9.33. The van der Waals surface area contributed by atoms with E-state index in [4.69, 9.17) is 0 Å². The molecule has 5 nitrogen and oxygen atoms in total. The van der Waals surface area contributed by atoms with Gasteiger partial charge in [0.25, 0.3) is 0 Å². The molecular weight excluding hydrogens is 440 g/mol. The summed E-state index contributed by atoms with van der Waals surface area (Å²) in [4.78, 5) is 12.8. The molecule has 35 heavy (non-hydrogen) atoms. The van der Waals surface area contributed by atoms with Crippen LogP contribution in [0.2, 0.25) is 0 Å². The van der Waals surface area contributed by atoms with E-state index in [1.165, 1.54) is 11.1 Å². The van der Waals surface area contributed by atoms with E-state index >= 15 is 0 Å². The fraction of sp³-hybridized carbons (Fsp3) is 0.833. The Hall–Kier alpha value is -1.17. The van der Waals surface area contributed by atoms with Gasteiger partial charge < -0.3 is 20.4 Å². The number of rotatable bonds is 2. The molecule has 4 fully saturated rings. The molecule has 196 valence electrons. The molecule has 5 heteroatoms. The van der Waals surface area contributed by atoms with Gasteiger partial charge in [0.05, 0.1) is 24.2 Å². The van der Waals surface area contributed by atoms with Crippen molar-refractivity contribution in [1.82, 2.24) is 0 Å². The van der Waals surface area contributed by atoms with Crippen molar-refractivity contribution >= 4 is 5.97 Å². The summed E-state index contributed by atoms with van der Waals surface area (Å²) in [6.45, 7) is 15.5. The molecule has 0 bridgehead atoms. The molecule has 11 atom stereocenters. The van der Waals surface area contributed by atoms with Gasteiger partial charge in [-0.15, -0.1) is 0 Å². The van der Waals surface area contributed by atoms with Crippen molar-refractivity contribution in [2.24, 2.45) is 50.7 Å². The fourth-order valence-corrected chi connectivity index (χ4v) is 10.7. The summed E-state index contributed by atoms with van der Waals surface area (Å²) in [7, 11) is 0. The Morgan fingerprint density at radius 3 is 2.40 bits per heavy atom. The van der Waals surface area contributed by atoms with E-state index in [1.807, 2.05) is 6.92 Å². The summed E-state index contributed by atoms with van der Waals surface area (Å²) < 4.78 is 0. The van der Waals surface area contributed by atoms with Crippen LogP contribution in [0.3, 0.4) is 0 Å². The second kappa shape index (κ2) is 7.68. The second-order valence-corrected chi connectivity index (χ2v) is 14.1. The Kier molecular flexibility index (Phi) is 5.59. The molecular formula is C30H46O5. The van der Waals surface area contributed by atoms with Crippen molar-refractivity contribution in [3.8, 4) is 0 Å². The Morgan fingerprint density at radius 1 is 1.09 bits per heavy atom. The average Bonchev–Trinajstić information content (AvgIpc) is 2.80. The zero-order chi connectivity index (χ0) is 25.8. The first-order chi connectivity index (χ1) is 16.2. The minimum Gasteiger partial charge on any atom is -0.481 e. The molecule has 0 heterocycles. The van der Waals surface area contributed by atoms with Gasteiger partial charge in [0.15, 0.2) is 0 Å². The predicted octanol–water partition coefficient (Wildman–Crippen LogP) is 4.95. The normalized spacial score (nSPS) is 55.7. The largest absolute Gasteiger partial charge is 0.481 e. The first-order valence-electron chi connectivity index (χ1n) is 13.8. The monoisotopic (exact) mass is 486 g/mol. The molecule has 5 rings (SSSR count). The standard InChI is InChI=1S/C30H46O5/c1-17-9-12-30(25(34)35)14-13-28(5)19(23(30)18(17)2)7-8-22-26(3)15-20(32)24(33)27(4,16-31)21(26)10-11-29(22,28)6/h7,18,20-24,31-33H,1,8-16H2,2-6H3,(H,34,35)/t18-,20+,21+,22+,23+,24-,26+,27+,28+,29-,30-/m0/s1. The van der Waals surface area contributed by atoms with Crippen LogP contribution in [0.15, 0.2) is 23.8 Å². The van der Waals surface area contributed by atoms with Crippen molar-refractivity contribution in [3.63, 3.8) is 0 Å². The lowest BCUT2D eigenvalue weighted by Gasteiger charge is -2.71. The van der Waals surface area contributed by atoms with Gasteiger partial charge in [-0.3, -0.25) is 4.79 Å². The van der Waals surface area contributed by atoms with Crippen molar-refractivity contribution in [1.29, 1.82) is 0 Å². The van der Waals surface area contributed by atoms with Crippen LogP contribution in [0.5, 0.6) is 0 Å². The summed E-state index contributed by atoms with van der Waals surface area (Å²) in [5.74, 6) is -0.0668. The number of aliphatic hydroxyl groups excluding tert-OH is 3. The van der Waals surface area contributed by atoms with Gasteiger partial charge in [-0.1, -0.05) is 58.4 Å². The van der Waals surface area contributed by atoms with Crippen molar-refractivity contribution in [2.75, 3.05) is 6.61 Å². The number of carbonyl (C=O) groups is 1.